The standard InChI is InChI=1S/C10H9BrN2OS/c11-8-3-1-2-4-9(8)14-6-7-5-10(12)13-15-7/h1-5H,6H2,(H2,12,13). The van der Waals surface area contributed by atoms with Gasteiger partial charge in [-0.2, -0.15) is 4.37 Å². The van der Waals surface area contributed by atoms with E-state index >= 15 is 0 Å². The van der Waals surface area contributed by atoms with Gasteiger partial charge in [-0.25, -0.2) is 0 Å². The first-order valence-electron chi connectivity index (χ1n) is 4.34. The molecule has 0 aliphatic heterocycles. The third-order valence-electron chi connectivity index (χ3n) is 1.78. The topological polar surface area (TPSA) is 48.1 Å². The second kappa shape index (κ2) is 4.63. The van der Waals surface area contributed by atoms with Crippen LogP contribution < -0.4 is 10.5 Å². The number of aromatic nitrogens is 1. The summed E-state index contributed by atoms with van der Waals surface area (Å²) in [5.41, 5.74) is 5.51. The predicted octanol–water partition coefficient (Wildman–Crippen LogP) is 3.07. The molecule has 0 unspecified atom stereocenters. The molecular weight excluding hydrogens is 276 g/mol. The molecule has 0 radical (unpaired) electrons. The van der Waals surface area contributed by atoms with Crippen molar-refractivity contribution in [3.63, 3.8) is 0 Å². The molecule has 0 saturated carbocycles. The molecule has 0 saturated heterocycles. The van der Waals surface area contributed by atoms with E-state index in [0.29, 0.717) is 12.4 Å². The van der Waals surface area contributed by atoms with E-state index in [0.717, 1.165) is 15.1 Å². The van der Waals surface area contributed by atoms with Gasteiger partial charge in [-0.3, -0.25) is 0 Å². The molecule has 2 aromatic rings. The number of hydrogen-bond donors (Lipinski definition) is 1. The van der Waals surface area contributed by atoms with E-state index in [4.69, 9.17) is 10.5 Å². The first kappa shape index (κ1) is 10.4. The van der Waals surface area contributed by atoms with E-state index in [1.807, 2.05) is 30.3 Å². The smallest absolute Gasteiger partial charge is 0.137 e. The zero-order chi connectivity index (χ0) is 10.7. The molecule has 1 aromatic carbocycles. The molecule has 1 aromatic heterocycles. The van der Waals surface area contributed by atoms with Crippen LogP contribution in [0.1, 0.15) is 4.88 Å². The van der Waals surface area contributed by atoms with E-state index in [1.54, 1.807) is 0 Å². The molecule has 0 aliphatic carbocycles. The van der Waals surface area contributed by atoms with Crippen LogP contribution in [0.2, 0.25) is 0 Å². The van der Waals surface area contributed by atoms with Gasteiger partial charge >= 0.3 is 0 Å². The van der Waals surface area contributed by atoms with Gasteiger partial charge in [0.1, 0.15) is 18.2 Å². The quantitative estimate of drug-likeness (QED) is 0.942. The molecule has 15 heavy (non-hydrogen) atoms. The van der Waals surface area contributed by atoms with Crippen LogP contribution >= 0.6 is 27.5 Å². The van der Waals surface area contributed by atoms with E-state index in [9.17, 15) is 0 Å². The maximum atomic E-state index is 5.60. The molecule has 0 amide bonds. The number of nitrogens with two attached hydrogens (primary N) is 1. The van der Waals surface area contributed by atoms with E-state index < -0.39 is 0 Å². The average molecular weight is 285 g/mol. The first-order valence-corrected chi connectivity index (χ1v) is 5.91. The van der Waals surface area contributed by atoms with E-state index in [-0.39, 0.29) is 0 Å². The second-order valence-corrected chi connectivity index (χ2v) is 4.68. The van der Waals surface area contributed by atoms with Gasteiger partial charge in [-0.15, -0.1) is 0 Å². The molecule has 0 atom stereocenters. The maximum absolute atomic E-state index is 5.60. The summed E-state index contributed by atoms with van der Waals surface area (Å²) in [6.45, 7) is 0.498. The van der Waals surface area contributed by atoms with Gasteiger partial charge in [-0.1, -0.05) is 12.1 Å². The van der Waals surface area contributed by atoms with Crippen molar-refractivity contribution in [3.05, 3.63) is 39.7 Å². The Morgan fingerprint density at radius 3 is 2.87 bits per heavy atom. The molecule has 78 valence electrons. The third-order valence-corrected chi connectivity index (χ3v) is 3.21. The molecule has 0 fully saturated rings. The number of nitrogen functional groups attached to an aromatic ring is 1. The number of anilines is 1. The molecule has 0 aliphatic rings. The van der Waals surface area contributed by atoms with Crippen molar-refractivity contribution >= 4 is 33.3 Å². The molecule has 2 N–H and O–H groups in total. The fourth-order valence-corrected chi connectivity index (χ4v) is 2.07. The average Bonchev–Trinajstić information content (AvgIpc) is 2.63. The summed E-state index contributed by atoms with van der Waals surface area (Å²) in [7, 11) is 0. The Labute approximate surface area is 100 Å². The third kappa shape index (κ3) is 2.70. The van der Waals surface area contributed by atoms with E-state index in [1.165, 1.54) is 11.5 Å². The van der Waals surface area contributed by atoms with Crippen molar-refractivity contribution in [2.24, 2.45) is 0 Å². The Hall–Kier alpha value is -1.07. The zero-order valence-electron chi connectivity index (χ0n) is 7.81. The summed E-state index contributed by atoms with van der Waals surface area (Å²) in [5, 5.41) is 0. The van der Waals surface area contributed by atoms with Crippen LogP contribution in [0.15, 0.2) is 34.8 Å². The summed E-state index contributed by atoms with van der Waals surface area (Å²) in [4.78, 5) is 1.02. The van der Waals surface area contributed by atoms with Crippen molar-refractivity contribution in [3.8, 4) is 5.75 Å². The number of rotatable bonds is 3. The molecular formula is C10H9BrN2OS. The van der Waals surface area contributed by atoms with Gasteiger partial charge in [0.15, 0.2) is 0 Å². The lowest BCUT2D eigenvalue weighted by Gasteiger charge is -2.05. The van der Waals surface area contributed by atoms with Gasteiger partial charge in [-0.05, 0) is 45.7 Å². The highest BCUT2D eigenvalue weighted by molar-refractivity contribution is 9.10. The normalized spacial score (nSPS) is 10.2. The highest BCUT2D eigenvalue weighted by Crippen LogP contribution is 2.25. The summed E-state index contributed by atoms with van der Waals surface area (Å²) in [6.07, 6.45) is 0. The predicted molar refractivity (Wildman–Crippen MR) is 65.0 cm³/mol. The zero-order valence-corrected chi connectivity index (χ0v) is 10.2. The minimum Gasteiger partial charge on any atom is -0.487 e. The first-order chi connectivity index (χ1) is 7.25. The Bertz CT molecular complexity index is 458. The number of para-hydroxylation sites is 1. The number of ether oxygens (including phenoxy) is 1. The van der Waals surface area contributed by atoms with Crippen molar-refractivity contribution in [1.82, 2.24) is 4.37 Å². The van der Waals surface area contributed by atoms with E-state index in [2.05, 4.69) is 20.3 Å². The fourth-order valence-electron chi connectivity index (χ4n) is 1.11. The fraction of sp³-hybridized carbons (Fsp3) is 0.100. The molecule has 3 nitrogen and oxygen atoms in total. The van der Waals surface area contributed by atoms with Crippen molar-refractivity contribution in [2.75, 3.05) is 5.73 Å². The summed E-state index contributed by atoms with van der Waals surface area (Å²) in [5.74, 6) is 1.37. The van der Waals surface area contributed by atoms with Crippen molar-refractivity contribution in [1.29, 1.82) is 0 Å². The van der Waals surface area contributed by atoms with Crippen LogP contribution in [0, 0.1) is 0 Å². The van der Waals surface area contributed by atoms with Gasteiger partial charge < -0.3 is 10.5 Å². The van der Waals surface area contributed by atoms with Crippen LogP contribution in [0.25, 0.3) is 0 Å². The summed E-state index contributed by atoms with van der Waals surface area (Å²) >= 11 is 4.77. The molecule has 0 spiro atoms. The number of benzene rings is 1. The van der Waals surface area contributed by atoms with Gasteiger partial charge in [0, 0.05) is 0 Å². The minimum atomic E-state index is 0.498. The van der Waals surface area contributed by atoms with Crippen molar-refractivity contribution < 1.29 is 4.74 Å². The van der Waals surface area contributed by atoms with Crippen molar-refractivity contribution in [2.45, 2.75) is 6.61 Å². The Morgan fingerprint density at radius 2 is 2.20 bits per heavy atom. The SMILES string of the molecule is Nc1cc(COc2ccccc2Br)sn1. The van der Waals surface area contributed by atoms with Crippen LogP contribution in [0.3, 0.4) is 0 Å². The number of hydrogen-bond acceptors (Lipinski definition) is 4. The van der Waals surface area contributed by atoms with Crippen LogP contribution in [0.4, 0.5) is 5.82 Å². The Balaban J connectivity index is 2.02. The largest absolute Gasteiger partial charge is 0.487 e. The number of halogens is 1. The summed E-state index contributed by atoms with van der Waals surface area (Å²) < 4.78 is 10.5. The lowest BCUT2D eigenvalue weighted by atomic mass is 10.3. The molecule has 2 rings (SSSR count). The highest BCUT2D eigenvalue weighted by atomic mass is 79.9. The maximum Gasteiger partial charge on any atom is 0.137 e. The van der Waals surface area contributed by atoms with Gasteiger partial charge in [0.2, 0.25) is 0 Å². The Kier molecular flexibility index (Phi) is 3.23. The molecule has 0 bridgehead atoms. The van der Waals surface area contributed by atoms with Gasteiger partial charge in [0.25, 0.3) is 0 Å². The lowest BCUT2D eigenvalue weighted by Crippen LogP contribution is -1.93. The molecule has 1 heterocycles. The number of nitrogens with zero attached hydrogens (tertiary/aromatic N) is 1. The highest BCUT2D eigenvalue weighted by Gasteiger charge is 2.02. The Morgan fingerprint density at radius 1 is 1.40 bits per heavy atom. The van der Waals surface area contributed by atoms with Crippen LogP contribution in [-0.2, 0) is 6.61 Å². The van der Waals surface area contributed by atoms with Crippen LogP contribution in [0.5, 0.6) is 5.75 Å². The summed E-state index contributed by atoms with van der Waals surface area (Å²) in [6, 6.07) is 9.55. The lowest BCUT2D eigenvalue weighted by molar-refractivity contribution is 0.308. The minimum absolute atomic E-state index is 0.498. The second-order valence-electron chi connectivity index (χ2n) is 2.94. The molecule has 5 heteroatoms. The monoisotopic (exact) mass is 284 g/mol. The van der Waals surface area contributed by atoms with Crippen LogP contribution in [-0.4, -0.2) is 4.37 Å². The van der Waals surface area contributed by atoms with Gasteiger partial charge in [0.05, 0.1) is 9.35 Å².